The van der Waals surface area contributed by atoms with Crippen LogP contribution in [-0.4, -0.2) is 26.8 Å². The lowest BCUT2D eigenvalue weighted by Gasteiger charge is -2.22. The van der Waals surface area contributed by atoms with Gasteiger partial charge in [0.1, 0.15) is 11.8 Å². The molecule has 0 bridgehead atoms. The van der Waals surface area contributed by atoms with E-state index in [9.17, 15) is 10.1 Å². The fourth-order valence-electron chi connectivity index (χ4n) is 2.86. The van der Waals surface area contributed by atoms with Gasteiger partial charge in [0.15, 0.2) is 0 Å². The minimum Gasteiger partial charge on any atom is -0.468 e. The Balaban J connectivity index is 2.27. The first-order valence-corrected chi connectivity index (χ1v) is 7.67. The number of aromatic nitrogens is 2. The molecule has 1 saturated carbocycles. The molecule has 2 unspecified atom stereocenters. The van der Waals surface area contributed by atoms with E-state index in [2.05, 4.69) is 5.10 Å². The third-order valence-corrected chi connectivity index (χ3v) is 3.98. The number of ether oxygens (including phenoxy) is 1. The molecular weight excluding hydrogens is 272 g/mol. The summed E-state index contributed by atoms with van der Waals surface area (Å²) in [6.07, 6.45) is 6.23. The number of nitro groups is 1. The molecule has 2 rings (SSSR count). The monoisotopic (exact) mass is 296 g/mol. The van der Waals surface area contributed by atoms with Crippen LogP contribution in [-0.2, 0) is 13.5 Å². The maximum absolute atomic E-state index is 11.4. The maximum atomic E-state index is 11.4. The summed E-state index contributed by atoms with van der Waals surface area (Å²) in [7, 11) is 1.68. The SMILES string of the molecule is CCCc1nn(C)c(OC2CCCCCC2N)c1[N+](=O)[O-]. The van der Waals surface area contributed by atoms with Crippen molar-refractivity contribution < 1.29 is 9.66 Å². The van der Waals surface area contributed by atoms with Crippen LogP contribution in [0.25, 0.3) is 0 Å². The van der Waals surface area contributed by atoms with E-state index in [1.54, 1.807) is 7.05 Å². The molecule has 0 spiro atoms. The molecule has 1 aliphatic carbocycles. The van der Waals surface area contributed by atoms with E-state index in [0.29, 0.717) is 12.1 Å². The number of aryl methyl sites for hydroxylation is 2. The lowest BCUT2D eigenvalue weighted by Crippen LogP contribution is -2.38. The Morgan fingerprint density at radius 2 is 2.14 bits per heavy atom. The summed E-state index contributed by atoms with van der Waals surface area (Å²) in [6, 6.07) is -0.0726. The van der Waals surface area contributed by atoms with Crippen LogP contribution in [0.5, 0.6) is 5.88 Å². The minimum absolute atomic E-state index is 0.00389. The van der Waals surface area contributed by atoms with Gasteiger partial charge in [-0.15, -0.1) is 0 Å². The average Bonchev–Trinajstić information content (AvgIpc) is 2.59. The molecule has 0 aliphatic heterocycles. The van der Waals surface area contributed by atoms with Gasteiger partial charge in [0, 0.05) is 13.1 Å². The topological polar surface area (TPSA) is 96.2 Å². The van der Waals surface area contributed by atoms with Gasteiger partial charge in [-0.25, -0.2) is 4.68 Å². The Labute approximate surface area is 124 Å². The van der Waals surface area contributed by atoms with Gasteiger partial charge >= 0.3 is 5.69 Å². The van der Waals surface area contributed by atoms with Crippen molar-refractivity contribution in [3.63, 3.8) is 0 Å². The largest absolute Gasteiger partial charge is 0.468 e. The number of rotatable bonds is 5. The van der Waals surface area contributed by atoms with Crippen LogP contribution in [0.15, 0.2) is 0 Å². The highest BCUT2D eigenvalue weighted by molar-refractivity contribution is 5.46. The van der Waals surface area contributed by atoms with Crippen molar-refractivity contribution in [2.24, 2.45) is 12.8 Å². The van der Waals surface area contributed by atoms with Gasteiger partial charge < -0.3 is 10.5 Å². The van der Waals surface area contributed by atoms with Crippen molar-refractivity contribution in [2.45, 2.75) is 64.0 Å². The van der Waals surface area contributed by atoms with Crippen molar-refractivity contribution in [1.82, 2.24) is 9.78 Å². The summed E-state index contributed by atoms with van der Waals surface area (Å²) in [4.78, 5) is 11.0. The molecule has 0 aromatic carbocycles. The fourth-order valence-corrected chi connectivity index (χ4v) is 2.86. The maximum Gasteiger partial charge on any atom is 0.353 e. The smallest absolute Gasteiger partial charge is 0.353 e. The molecule has 0 saturated heterocycles. The van der Waals surface area contributed by atoms with Crippen LogP contribution >= 0.6 is 0 Å². The molecule has 0 radical (unpaired) electrons. The molecule has 1 aromatic heterocycles. The van der Waals surface area contributed by atoms with Crippen LogP contribution in [0, 0.1) is 10.1 Å². The summed E-state index contributed by atoms with van der Waals surface area (Å²) in [5.41, 5.74) is 6.63. The fraction of sp³-hybridized carbons (Fsp3) is 0.786. The summed E-state index contributed by atoms with van der Waals surface area (Å²) in [6.45, 7) is 1.97. The second-order valence-corrected chi connectivity index (χ2v) is 5.69. The zero-order chi connectivity index (χ0) is 15.4. The van der Waals surface area contributed by atoms with Crippen molar-refractivity contribution in [3.05, 3.63) is 15.8 Å². The van der Waals surface area contributed by atoms with Crippen LogP contribution < -0.4 is 10.5 Å². The van der Waals surface area contributed by atoms with E-state index in [0.717, 1.165) is 38.5 Å². The van der Waals surface area contributed by atoms with Gasteiger partial charge in [-0.2, -0.15) is 5.10 Å². The first kappa shape index (κ1) is 15.8. The third kappa shape index (κ3) is 3.53. The lowest BCUT2D eigenvalue weighted by molar-refractivity contribution is -0.386. The van der Waals surface area contributed by atoms with E-state index in [1.165, 1.54) is 4.68 Å². The highest BCUT2D eigenvalue weighted by atomic mass is 16.6. The van der Waals surface area contributed by atoms with Gasteiger partial charge in [0.2, 0.25) is 0 Å². The van der Waals surface area contributed by atoms with Crippen molar-refractivity contribution >= 4 is 5.69 Å². The molecule has 1 fully saturated rings. The standard InChI is InChI=1S/C14H24N4O3/c1-3-7-11-13(18(19)20)14(17(2)16-11)21-12-9-6-4-5-8-10(12)15/h10,12H,3-9,15H2,1-2H3. The van der Waals surface area contributed by atoms with Crippen LogP contribution in [0.2, 0.25) is 0 Å². The number of nitrogens with zero attached hydrogens (tertiary/aromatic N) is 3. The molecule has 7 nitrogen and oxygen atoms in total. The van der Waals surface area contributed by atoms with E-state index in [-0.39, 0.29) is 23.7 Å². The second kappa shape index (κ2) is 6.89. The van der Waals surface area contributed by atoms with Crippen molar-refractivity contribution in [3.8, 4) is 5.88 Å². The molecule has 0 amide bonds. The Bertz CT molecular complexity index is 501. The van der Waals surface area contributed by atoms with Gasteiger partial charge in [0.05, 0.1) is 4.92 Å². The van der Waals surface area contributed by atoms with Crippen LogP contribution in [0.4, 0.5) is 5.69 Å². The van der Waals surface area contributed by atoms with Gasteiger partial charge in [0.25, 0.3) is 5.88 Å². The minimum atomic E-state index is -0.393. The van der Waals surface area contributed by atoms with Crippen LogP contribution in [0.1, 0.15) is 51.1 Å². The molecule has 21 heavy (non-hydrogen) atoms. The first-order valence-electron chi connectivity index (χ1n) is 7.67. The van der Waals surface area contributed by atoms with E-state index in [4.69, 9.17) is 10.5 Å². The van der Waals surface area contributed by atoms with Gasteiger partial charge in [-0.05, 0) is 25.7 Å². The first-order chi connectivity index (χ1) is 10.0. The summed E-state index contributed by atoms with van der Waals surface area (Å²) < 4.78 is 7.40. The second-order valence-electron chi connectivity index (χ2n) is 5.69. The van der Waals surface area contributed by atoms with Crippen molar-refractivity contribution in [1.29, 1.82) is 0 Å². The molecule has 1 heterocycles. The molecule has 1 aliphatic rings. The average molecular weight is 296 g/mol. The molecule has 7 heteroatoms. The molecular formula is C14H24N4O3. The van der Waals surface area contributed by atoms with E-state index in [1.807, 2.05) is 6.92 Å². The molecule has 118 valence electrons. The van der Waals surface area contributed by atoms with Crippen molar-refractivity contribution in [2.75, 3.05) is 0 Å². The van der Waals surface area contributed by atoms with Crippen LogP contribution in [0.3, 0.4) is 0 Å². The van der Waals surface area contributed by atoms with E-state index >= 15 is 0 Å². The highest BCUT2D eigenvalue weighted by Crippen LogP contribution is 2.33. The Kier molecular flexibility index (Phi) is 5.17. The number of hydrogen-bond donors (Lipinski definition) is 1. The third-order valence-electron chi connectivity index (χ3n) is 3.98. The zero-order valence-corrected chi connectivity index (χ0v) is 12.7. The molecule has 1 aromatic rings. The van der Waals surface area contributed by atoms with E-state index < -0.39 is 4.92 Å². The quantitative estimate of drug-likeness (QED) is 0.511. The zero-order valence-electron chi connectivity index (χ0n) is 12.7. The predicted octanol–water partition coefficient (Wildman–Crippen LogP) is 2.32. The predicted molar refractivity (Wildman–Crippen MR) is 79.3 cm³/mol. The van der Waals surface area contributed by atoms with Gasteiger partial charge in [-0.1, -0.05) is 26.2 Å². The summed E-state index contributed by atoms with van der Waals surface area (Å²) in [5.74, 6) is 0.241. The Morgan fingerprint density at radius 1 is 1.43 bits per heavy atom. The van der Waals surface area contributed by atoms with Gasteiger partial charge in [-0.3, -0.25) is 10.1 Å². The Morgan fingerprint density at radius 3 is 2.81 bits per heavy atom. The molecule has 2 atom stereocenters. The summed E-state index contributed by atoms with van der Waals surface area (Å²) in [5, 5.41) is 15.6. The normalized spacial score (nSPS) is 22.8. The lowest BCUT2D eigenvalue weighted by atomic mass is 10.1. The summed E-state index contributed by atoms with van der Waals surface area (Å²) >= 11 is 0. The number of nitrogens with two attached hydrogens (primary N) is 1. The Hall–Kier alpha value is -1.63. The highest BCUT2D eigenvalue weighted by Gasteiger charge is 2.31. The number of hydrogen-bond acceptors (Lipinski definition) is 5. The molecule has 2 N–H and O–H groups in total.